The molecule has 0 spiro atoms. The maximum absolute atomic E-state index is 12.5. The average Bonchev–Trinajstić information content (AvgIpc) is 2.81. The summed E-state index contributed by atoms with van der Waals surface area (Å²) in [6.07, 6.45) is -4.46. The van der Waals surface area contributed by atoms with Gasteiger partial charge in [-0.15, -0.1) is 0 Å². The molecule has 1 aromatic carbocycles. The predicted molar refractivity (Wildman–Crippen MR) is 69.9 cm³/mol. The Balaban J connectivity index is 2.18. The van der Waals surface area contributed by atoms with Crippen LogP contribution in [0.4, 0.5) is 18.9 Å². The van der Waals surface area contributed by atoms with Crippen LogP contribution in [-0.2, 0) is 12.7 Å². The molecule has 0 unspecified atom stereocenters. The molecule has 0 aliphatic carbocycles. The molecule has 1 aromatic heterocycles. The smallest absolute Gasteiger partial charge is 0.416 e. The van der Waals surface area contributed by atoms with E-state index in [-0.39, 0.29) is 12.1 Å². The molecule has 104 valence electrons. The largest absolute Gasteiger partial charge is 0.452 e. The Bertz CT molecular complexity index is 658. The number of nitrogens with zero attached hydrogens (tertiary/aromatic N) is 1. The van der Waals surface area contributed by atoms with Crippen molar-refractivity contribution in [2.45, 2.75) is 12.7 Å². The highest BCUT2D eigenvalue weighted by Crippen LogP contribution is 2.31. The van der Waals surface area contributed by atoms with Crippen LogP contribution in [0.5, 0.6) is 0 Å². The van der Waals surface area contributed by atoms with Gasteiger partial charge in [0.05, 0.1) is 23.4 Å². The van der Waals surface area contributed by atoms with E-state index in [0.717, 1.165) is 12.1 Å². The Morgan fingerprint density at radius 1 is 1.25 bits per heavy atom. The first-order valence-corrected chi connectivity index (χ1v) is 6.29. The van der Waals surface area contributed by atoms with Crippen LogP contribution in [0.15, 0.2) is 39.4 Å². The van der Waals surface area contributed by atoms with Gasteiger partial charge >= 0.3 is 6.18 Å². The number of alkyl halides is 3. The fourth-order valence-corrected chi connectivity index (χ4v) is 1.94. The first-order chi connectivity index (χ1) is 9.40. The molecule has 0 bridgehead atoms. The summed E-state index contributed by atoms with van der Waals surface area (Å²) in [5.41, 5.74) is -0.584. The van der Waals surface area contributed by atoms with E-state index >= 15 is 0 Å². The monoisotopic (exact) mass is 344 g/mol. The first kappa shape index (κ1) is 14.5. The third kappa shape index (κ3) is 3.33. The van der Waals surface area contributed by atoms with E-state index in [1.807, 2.05) is 0 Å². The molecule has 0 saturated carbocycles. The van der Waals surface area contributed by atoms with Crippen molar-refractivity contribution in [1.29, 1.82) is 5.26 Å². The second-order valence-corrected chi connectivity index (χ2v) is 4.71. The van der Waals surface area contributed by atoms with Crippen molar-refractivity contribution in [3.05, 3.63) is 51.9 Å². The molecule has 0 saturated heterocycles. The summed E-state index contributed by atoms with van der Waals surface area (Å²) in [5.74, 6) is 0.598. The van der Waals surface area contributed by atoms with Gasteiger partial charge in [-0.2, -0.15) is 18.4 Å². The maximum Gasteiger partial charge on any atom is 0.416 e. The second-order valence-electron chi connectivity index (χ2n) is 3.93. The Morgan fingerprint density at radius 3 is 2.55 bits per heavy atom. The number of benzene rings is 1. The Morgan fingerprint density at radius 2 is 2.00 bits per heavy atom. The fraction of sp³-hybridized carbons (Fsp3) is 0.154. The van der Waals surface area contributed by atoms with E-state index in [1.165, 1.54) is 6.07 Å². The zero-order valence-electron chi connectivity index (χ0n) is 9.96. The van der Waals surface area contributed by atoms with Crippen molar-refractivity contribution in [3.63, 3.8) is 0 Å². The van der Waals surface area contributed by atoms with Gasteiger partial charge in [-0.25, -0.2) is 0 Å². The molecule has 2 aromatic rings. The van der Waals surface area contributed by atoms with Crippen molar-refractivity contribution < 1.29 is 17.6 Å². The third-order valence-electron chi connectivity index (χ3n) is 2.55. The summed E-state index contributed by atoms with van der Waals surface area (Å²) in [7, 11) is 0. The van der Waals surface area contributed by atoms with Crippen LogP contribution in [0.3, 0.4) is 0 Å². The number of nitrogens with one attached hydrogen (secondary N) is 1. The van der Waals surface area contributed by atoms with Gasteiger partial charge < -0.3 is 9.73 Å². The van der Waals surface area contributed by atoms with Crippen LogP contribution in [0, 0.1) is 11.3 Å². The fourth-order valence-electron chi connectivity index (χ4n) is 1.60. The molecule has 0 atom stereocenters. The van der Waals surface area contributed by atoms with Gasteiger partial charge in [-0.1, -0.05) is 0 Å². The molecule has 0 aliphatic heterocycles. The van der Waals surface area contributed by atoms with Crippen LogP contribution in [0.25, 0.3) is 0 Å². The predicted octanol–water partition coefficient (Wildman–Crippen LogP) is 4.54. The number of anilines is 1. The van der Waals surface area contributed by atoms with E-state index in [0.29, 0.717) is 16.1 Å². The lowest BCUT2D eigenvalue weighted by Gasteiger charge is -2.10. The normalized spacial score (nSPS) is 11.2. The summed E-state index contributed by atoms with van der Waals surface area (Å²) in [6.45, 7) is 0.269. The van der Waals surface area contributed by atoms with Gasteiger partial charge in [0.25, 0.3) is 0 Å². The molecule has 0 amide bonds. The van der Waals surface area contributed by atoms with Gasteiger partial charge in [-0.3, -0.25) is 0 Å². The number of hydrogen-bond donors (Lipinski definition) is 1. The van der Waals surface area contributed by atoms with Crippen molar-refractivity contribution in [3.8, 4) is 6.07 Å². The Hall–Kier alpha value is -1.94. The minimum absolute atomic E-state index is 0.0644. The van der Waals surface area contributed by atoms with Crippen LogP contribution in [0.2, 0.25) is 0 Å². The first-order valence-electron chi connectivity index (χ1n) is 5.49. The molecule has 20 heavy (non-hydrogen) atoms. The third-order valence-corrected chi connectivity index (χ3v) is 2.98. The molecule has 2 rings (SSSR count). The van der Waals surface area contributed by atoms with E-state index in [9.17, 15) is 13.2 Å². The van der Waals surface area contributed by atoms with Crippen LogP contribution in [-0.4, -0.2) is 0 Å². The Kier molecular flexibility index (Phi) is 4.04. The number of halogens is 4. The van der Waals surface area contributed by atoms with E-state index in [4.69, 9.17) is 9.68 Å². The van der Waals surface area contributed by atoms with Gasteiger partial charge in [0.2, 0.25) is 0 Å². The minimum atomic E-state index is -4.46. The summed E-state index contributed by atoms with van der Waals surface area (Å²) in [4.78, 5) is 0. The Labute approximate surface area is 121 Å². The summed E-state index contributed by atoms with van der Waals surface area (Å²) in [6, 6.07) is 8.15. The highest BCUT2D eigenvalue weighted by molar-refractivity contribution is 9.10. The maximum atomic E-state index is 12.5. The van der Waals surface area contributed by atoms with Gasteiger partial charge in [-0.05, 0) is 46.3 Å². The standard InChI is InChI=1S/C13H8BrF3N2O/c14-12-4-2-10(20-12)7-19-11-3-1-9(13(15,16)17)5-8(11)6-18/h1-5,19H,7H2. The molecule has 3 nitrogen and oxygen atoms in total. The summed E-state index contributed by atoms with van der Waals surface area (Å²) in [5, 5.41) is 11.8. The van der Waals surface area contributed by atoms with Crippen molar-refractivity contribution in [2.24, 2.45) is 0 Å². The van der Waals surface area contributed by atoms with Gasteiger partial charge in [0.1, 0.15) is 11.8 Å². The van der Waals surface area contributed by atoms with Crippen LogP contribution >= 0.6 is 15.9 Å². The van der Waals surface area contributed by atoms with Crippen molar-refractivity contribution >= 4 is 21.6 Å². The van der Waals surface area contributed by atoms with E-state index < -0.39 is 11.7 Å². The van der Waals surface area contributed by atoms with Crippen molar-refractivity contribution in [2.75, 3.05) is 5.32 Å². The summed E-state index contributed by atoms with van der Waals surface area (Å²) < 4.78 is 43.4. The zero-order chi connectivity index (χ0) is 14.8. The lowest BCUT2D eigenvalue weighted by atomic mass is 10.1. The van der Waals surface area contributed by atoms with E-state index in [2.05, 4.69) is 21.2 Å². The minimum Gasteiger partial charge on any atom is -0.452 e. The number of nitriles is 1. The number of rotatable bonds is 3. The topological polar surface area (TPSA) is 49.0 Å². The van der Waals surface area contributed by atoms with Crippen molar-refractivity contribution in [1.82, 2.24) is 0 Å². The molecular formula is C13H8BrF3N2O. The molecule has 0 aliphatic rings. The average molecular weight is 345 g/mol. The quantitative estimate of drug-likeness (QED) is 0.888. The lowest BCUT2D eigenvalue weighted by molar-refractivity contribution is -0.137. The van der Waals surface area contributed by atoms with Gasteiger partial charge in [0.15, 0.2) is 4.67 Å². The van der Waals surface area contributed by atoms with Crippen LogP contribution in [0.1, 0.15) is 16.9 Å². The highest BCUT2D eigenvalue weighted by atomic mass is 79.9. The molecular weight excluding hydrogens is 337 g/mol. The molecule has 7 heteroatoms. The van der Waals surface area contributed by atoms with Crippen LogP contribution < -0.4 is 5.32 Å². The molecule has 1 heterocycles. The number of furan rings is 1. The second kappa shape index (κ2) is 5.59. The lowest BCUT2D eigenvalue weighted by Crippen LogP contribution is -2.07. The van der Waals surface area contributed by atoms with Gasteiger partial charge in [0, 0.05) is 0 Å². The number of hydrogen-bond acceptors (Lipinski definition) is 3. The SMILES string of the molecule is N#Cc1cc(C(F)(F)F)ccc1NCc1ccc(Br)o1. The molecule has 0 fully saturated rings. The van der Waals surface area contributed by atoms with E-state index in [1.54, 1.807) is 18.2 Å². The molecule has 1 N–H and O–H groups in total. The highest BCUT2D eigenvalue weighted by Gasteiger charge is 2.31. The zero-order valence-corrected chi connectivity index (χ0v) is 11.5. The molecule has 0 radical (unpaired) electrons. The summed E-state index contributed by atoms with van der Waals surface area (Å²) >= 11 is 3.15.